The zero-order valence-electron chi connectivity index (χ0n) is 20.0. The largest absolute Gasteiger partial charge is 0.497 e. The van der Waals surface area contributed by atoms with Crippen LogP contribution in [-0.4, -0.2) is 34.2 Å². The van der Waals surface area contributed by atoms with Crippen molar-refractivity contribution >= 4 is 27.8 Å². The van der Waals surface area contributed by atoms with E-state index >= 15 is 0 Å². The molecule has 178 valence electrons. The Labute approximate surface area is 201 Å². The van der Waals surface area contributed by atoms with Crippen molar-refractivity contribution < 1.29 is 17.9 Å². The summed E-state index contributed by atoms with van der Waals surface area (Å²) in [5, 5.41) is 4.05. The average molecular weight is 480 g/mol. The van der Waals surface area contributed by atoms with Crippen molar-refractivity contribution in [1.82, 2.24) is 5.43 Å². The van der Waals surface area contributed by atoms with E-state index in [1.165, 1.54) is 24.8 Å². The summed E-state index contributed by atoms with van der Waals surface area (Å²) in [5.41, 5.74) is 7.96. The van der Waals surface area contributed by atoms with E-state index < -0.39 is 22.5 Å². The first-order valence-electron chi connectivity index (χ1n) is 10.8. The Balaban J connectivity index is 1.87. The lowest BCUT2D eigenvalue weighted by Gasteiger charge is -2.24. The van der Waals surface area contributed by atoms with Crippen LogP contribution in [0.15, 0.2) is 70.7 Å². The summed E-state index contributed by atoms with van der Waals surface area (Å²) in [6.07, 6.45) is 1.56. The number of aryl methyl sites for hydroxylation is 2. The number of amides is 1. The summed E-state index contributed by atoms with van der Waals surface area (Å²) < 4.78 is 33.2. The summed E-state index contributed by atoms with van der Waals surface area (Å²) in [6.45, 7) is 7.48. The Kier molecular flexibility index (Phi) is 7.73. The topological polar surface area (TPSA) is 88.1 Å². The second kappa shape index (κ2) is 10.5. The molecule has 34 heavy (non-hydrogen) atoms. The van der Waals surface area contributed by atoms with Gasteiger partial charge in [-0.2, -0.15) is 5.10 Å². The highest BCUT2D eigenvalue weighted by atomic mass is 32.2. The molecule has 0 spiro atoms. The van der Waals surface area contributed by atoms with Gasteiger partial charge >= 0.3 is 0 Å². The van der Waals surface area contributed by atoms with Gasteiger partial charge in [0, 0.05) is 6.07 Å². The van der Waals surface area contributed by atoms with Crippen molar-refractivity contribution in [2.75, 3.05) is 18.0 Å². The van der Waals surface area contributed by atoms with Gasteiger partial charge in [0.2, 0.25) is 0 Å². The van der Waals surface area contributed by atoms with Gasteiger partial charge in [-0.3, -0.25) is 9.10 Å². The molecule has 0 radical (unpaired) electrons. The molecule has 0 unspecified atom stereocenters. The molecule has 0 saturated carbocycles. The molecule has 1 amide bonds. The number of methoxy groups -OCH3 is 1. The Morgan fingerprint density at radius 2 is 1.71 bits per heavy atom. The minimum Gasteiger partial charge on any atom is -0.497 e. The highest BCUT2D eigenvalue weighted by Gasteiger charge is 2.27. The molecule has 0 aliphatic rings. The highest BCUT2D eigenvalue weighted by Crippen LogP contribution is 2.27. The molecule has 3 aromatic rings. The van der Waals surface area contributed by atoms with Crippen LogP contribution < -0.4 is 14.5 Å². The summed E-state index contributed by atoms with van der Waals surface area (Å²) in [5.74, 6) is -0.0958. The predicted octanol–water partition coefficient (Wildman–Crippen LogP) is 4.27. The number of hydrogen-bond donors (Lipinski definition) is 1. The molecule has 0 atom stereocenters. The molecule has 7 nitrogen and oxygen atoms in total. The van der Waals surface area contributed by atoms with Gasteiger partial charge in [-0.1, -0.05) is 35.9 Å². The monoisotopic (exact) mass is 479 g/mol. The first-order chi connectivity index (χ1) is 16.1. The maximum Gasteiger partial charge on any atom is 0.264 e. The third kappa shape index (κ3) is 5.63. The van der Waals surface area contributed by atoms with Gasteiger partial charge in [0.1, 0.15) is 12.3 Å². The molecular weight excluding hydrogens is 450 g/mol. The number of nitrogens with zero attached hydrogens (tertiary/aromatic N) is 2. The van der Waals surface area contributed by atoms with Crippen molar-refractivity contribution in [2.24, 2.45) is 5.10 Å². The number of ether oxygens (including phenoxy) is 1. The first kappa shape index (κ1) is 25.0. The second-order valence-corrected chi connectivity index (χ2v) is 9.90. The Hall–Kier alpha value is -3.65. The third-order valence-corrected chi connectivity index (χ3v) is 7.52. The molecule has 0 bridgehead atoms. The van der Waals surface area contributed by atoms with Gasteiger partial charge in [-0.15, -0.1) is 0 Å². The minimum atomic E-state index is -4.02. The predicted molar refractivity (Wildman–Crippen MR) is 135 cm³/mol. The number of carbonyl (C=O) groups is 1. The van der Waals surface area contributed by atoms with Crippen LogP contribution in [0.2, 0.25) is 0 Å². The molecule has 0 fully saturated rings. The third-order valence-electron chi connectivity index (χ3n) is 5.73. The van der Waals surface area contributed by atoms with Crippen molar-refractivity contribution in [3.8, 4) is 5.75 Å². The van der Waals surface area contributed by atoms with Crippen LogP contribution in [0.3, 0.4) is 0 Å². The summed E-state index contributed by atoms with van der Waals surface area (Å²) in [6, 6.07) is 17.0. The SMILES string of the molecule is COc1cccc(N(CC(=O)N/N=C\c2ccc(C)c(C)c2C)S(=O)(=O)c2ccc(C)cc2)c1. The molecule has 0 aliphatic carbocycles. The van der Waals surface area contributed by atoms with Crippen molar-refractivity contribution in [3.05, 3.63) is 88.5 Å². The van der Waals surface area contributed by atoms with E-state index in [0.29, 0.717) is 11.4 Å². The van der Waals surface area contributed by atoms with Crippen molar-refractivity contribution in [3.63, 3.8) is 0 Å². The van der Waals surface area contributed by atoms with E-state index in [9.17, 15) is 13.2 Å². The Bertz CT molecular complexity index is 1320. The fourth-order valence-corrected chi connectivity index (χ4v) is 4.79. The minimum absolute atomic E-state index is 0.0861. The van der Waals surface area contributed by atoms with E-state index in [4.69, 9.17) is 4.74 Å². The normalized spacial score (nSPS) is 11.4. The smallest absolute Gasteiger partial charge is 0.264 e. The lowest BCUT2D eigenvalue weighted by Crippen LogP contribution is -2.39. The average Bonchev–Trinajstić information content (AvgIpc) is 2.82. The zero-order valence-corrected chi connectivity index (χ0v) is 20.8. The highest BCUT2D eigenvalue weighted by molar-refractivity contribution is 7.92. The molecule has 8 heteroatoms. The van der Waals surface area contributed by atoms with E-state index in [1.807, 2.05) is 39.8 Å². The standard InChI is InChI=1S/C26H29N3O4S/c1-18-9-13-25(14-10-18)34(31,32)29(23-7-6-8-24(15-23)33-5)17-26(30)28-27-16-22-12-11-19(2)20(3)21(22)4/h6-16H,17H2,1-5H3,(H,28,30)/b27-16-. The van der Waals surface area contributed by atoms with Crippen LogP contribution in [-0.2, 0) is 14.8 Å². The summed E-state index contributed by atoms with van der Waals surface area (Å²) in [4.78, 5) is 12.8. The van der Waals surface area contributed by atoms with Gasteiger partial charge in [0.15, 0.2) is 0 Å². The number of sulfonamides is 1. The first-order valence-corrected chi connectivity index (χ1v) is 12.2. The van der Waals surface area contributed by atoms with Crippen LogP contribution in [0.25, 0.3) is 0 Å². The van der Waals surface area contributed by atoms with E-state index in [-0.39, 0.29) is 4.90 Å². The number of hydrazone groups is 1. The number of hydrogen-bond acceptors (Lipinski definition) is 5. The molecule has 0 heterocycles. The number of carbonyl (C=O) groups excluding carboxylic acids is 1. The fourth-order valence-electron chi connectivity index (χ4n) is 3.37. The Morgan fingerprint density at radius 3 is 2.38 bits per heavy atom. The van der Waals surface area contributed by atoms with Crippen LogP contribution >= 0.6 is 0 Å². The molecule has 0 saturated heterocycles. The quantitative estimate of drug-likeness (QED) is 0.386. The maximum atomic E-state index is 13.5. The van der Waals surface area contributed by atoms with Crippen molar-refractivity contribution in [2.45, 2.75) is 32.6 Å². The van der Waals surface area contributed by atoms with Crippen LogP contribution in [0, 0.1) is 27.7 Å². The van der Waals surface area contributed by atoms with Gasteiger partial charge in [-0.25, -0.2) is 13.8 Å². The van der Waals surface area contributed by atoms with Crippen molar-refractivity contribution in [1.29, 1.82) is 0 Å². The summed E-state index contributed by atoms with van der Waals surface area (Å²) >= 11 is 0. The molecule has 3 rings (SSSR count). The lowest BCUT2D eigenvalue weighted by atomic mass is 10.00. The molecular formula is C26H29N3O4S. The lowest BCUT2D eigenvalue weighted by molar-refractivity contribution is -0.119. The van der Waals surface area contributed by atoms with E-state index in [2.05, 4.69) is 10.5 Å². The Morgan fingerprint density at radius 1 is 1.00 bits per heavy atom. The van der Waals surface area contributed by atoms with Gasteiger partial charge in [0.25, 0.3) is 15.9 Å². The zero-order chi connectivity index (χ0) is 24.9. The second-order valence-electron chi connectivity index (χ2n) is 8.04. The number of benzene rings is 3. The summed E-state index contributed by atoms with van der Waals surface area (Å²) in [7, 11) is -2.53. The molecule has 0 aliphatic heterocycles. The number of nitrogens with one attached hydrogen (secondary N) is 1. The van der Waals surface area contributed by atoms with Gasteiger partial charge in [0.05, 0.1) is 23.9 Å². The number of anilines is 1. The van der Waals surface area contributed by atoms with Crippen LogP contribution in [0.4, 0.5) is 5.69 Å². The van der Waals surface area contributed by atoms with Gasteiger partial charge in [-0.05, 0) is 74.2 Å². The maximum absolute atomic E-state index is 13.5. The van der Waals surface area contributed by atoms with Crippen LogP contribution in [0.5, 0.6) is 5.75 Å². The number of rotatable bonds is 8. The molecule has 1 N–H and O–H groups in total. The van der Waals surface area contributed by atoms with Gasteiger partial charge < -0.3 is 4.74 Å². The molecule has 0 aromatic heterocycles. The fraction of sp³-hybridized carbons (Fsp3) is 0.231. The molecule has 3 aromatic carbocycles. The van der Waals surface area contributed by atoms with Crippen LogP contribution in [0.1, 0.15) is 27.8 Å². The van der Waals surface area contributed by atoms with E-state index in [0.717, 1.165) is 26.6 Å². The van der Waals surface area contributed by atoms with E-state index in [1.54, 1.807) is 42.6 Å².